The van der Waals surface area contributed by atoms with Gasteiger partial charge in [0.1, 0.15) is 0 Å². The van der Waals surface area contributed by atoms with Gasteiger partial charge in [0, 0.05) is 0 Å². The molecule has 2 nitrogen and oxygen atoms in total. The van der Waals surface area contributed by atoms with Crippen LogP contribution in [0, 0.1) is 0 Å². The van der Waals surface area contributed by atoms with Crippen LogP contribution in [0.3, 0.4) is 0 Å². The second kappa shape index (κ2) is 3.12. The third kappa shape index (κ3) is 1.75. The molecule has 0 aromatic rings. The Labute approximate surface area is 64.9 Å². The summed E-state index contributed by atoms with van der Waals surface area (Å²) < 4.78 is 21.4. The number of likely N-dealkylation sites (tertiary alicyclic amines) is 1. The number of rotatable bonds is 1. The summed E-state index contributed by atoms with van der Waals surface area (Å²) in [6.45, 7) is 0.505. The fourth-order valence-corrected chi connectivity index (χ4v) is 2.44. The van der Waals surface area contributed by atoms with Crippen LogP contribution in [0.2, 0.25) is 0 Å². The maximum absolute atomic E-state index is 12.5. The third-order valence-corrected chi connectivity index (χ3v) is 3.63. The average molecular weight is 246 g/mol. The first kappa shape index (κ1) is 7.68. The summed E-state index contributed by atoms with van der Waals surface area (Å²) in [5.74, 6) is 0. The number of nitrogens with zero attached hydrogens (tertiary/aromatic N) is 1. The molecule has 1 N–H and O–H groups in total. The zero-order valence-electron chi connectivity index (χ0n) is 5.22. The molecule has 0 aliphatic carbocycles. The Morgan fingerprint density at radius 3 is 2.67 bits per heavy atom. The van der Waals surface area contributed by atoms with Gasteiger partial charge in [-0.15, -0.1) is 0 Å². The Balaban J connectivity index is 2.38. The molecule has 56 valence electrons. The first-order chi connectivity index (χ1) is 4.24. The topological polar surface area (TPSA) is 23.5 Å². The molecule has 1 aliphatic rings. The zero-order chi connectivity index (χ0) is 6.85. The molecule has 9 heavy (non-hydrogen) atoms. The minimum absolute atomic E-state index is 0.166. The van der Waals surface area contributed by atoms with Gasteiger partial charge in [-0.1, -0.05) is 0 Å². The Kier molecular flexibility index (Phi) is 2.66. The summed E-state index contributed by atoms with van der Waals surface area (Å²) in [6.07, 6.45) is -0.160. The van der Waals surface area contributed by atoms with Crippen LogP contribution >= 0.6 is 0 Å². The Hall–Kier alpha value is 0.580. The van der Waals surface area contributed by atoms with Crippen molar-refractivity contribution in [1.82, 2.24) is 4.90 Å². The van der Waals surface area contributed by atoms with E-state index in [0.717, 1.165) is 0 Å². The van der Waals surface area contributed by atoms with E-state index in [1.165, 1.54) is 0 Å². The summed E-state index contributed by atoms with van der Waals surface area (Å²) in [5.41, 5.74) is 0. The molecule has 1 fully saturated rings. The van der Waals surface area contributed by atoms with E-state index in [2.05, 4.69) is 0 Å². The van der Waals surface area contributed by atoms with Crippen LogP contribution in [-0.4, -0.2) is 32.1 Å². The van der Waals surface area contributed by atoms with Crippen LogP contribution in [0.1, 0.15) is 6.42 Å². The van der Waals surface area contributed by atoms with Crippen molar-refractivity contribution in [2.45, 2.75) is 16.6 Å². The molecule has 0 radical (unpaired) electrons. The fourth-order valence-electron chi connectivity index (χ4n) is 1.01. The molecular weight excluding hydrogens is 236 g/mol. The summed E-state index contributed by atoms with van der Waals surface area (Å²) in [7, 11) is 1.86. The van der Waals surface area contributed by atoms with E-state index in [0.29, 0.717) is 13.0 Å². The molecule has 1 rings (SSSR count). The molecule has 4 heteroatoms. The molecular formula is C5H10FINO-. The van der Waals surface area contributed by atoms with Crippen LogP contribution in [0.4, 0.5) is 4.39 Å². The van der Waals surface area contributed by atoms with Gasteiger partial charge in [0.2, 0.25) is 0 Å². The van der Waals surface area contributed by atoms with Gasteiger partial charge in [-0.05, 0) is 0 Å². The fraction of sp³-hybridized carbons (Fsp3) is 1.00. The molecule has 1 heterocycles. The van der Waals surface area contributed by atoms with Crippen molar-refractivity contribution in [2.75, 3.05) is 13.6 Å². The van der Waals surface area contributed by atoms with E-state index in [-0.39, 0.29) is 4.05 Å². The van der Waals surface area contributed by atoms with Crippen LogP contribution in [0.25, 0.3) is 0 Å². The number of hydrogen-bond donors (Lipinski definition) is 1. The molecule has 0 amide bonds. The van der Waals surface area contributed by atoms with Crippen molar-refractivity contribution in [2.24, 2.45) is 0 Å². The predicted molar refractivity (Wildman–Crippen MR) is 28.1 cm³/mol. The van der Waals surface area contributed by atoms with Crippen molar-refractivity contribution in [3.05, 3.63) is 0 Å². The zero-order valence-corrected chi connectivity index (χ0v) is 7.38. The number of halogens is 2. The predicted octanol–water partition coefficient (Wildman–Crippen LogP) is -3.02. The van der Waals surface area contributed by atoms with Crippen molar-refractivity contribution in [3.63, 3.8) is 0 Å². The van der Waals surface area contributed by atoms with Crippen LogP contribution < -0.4 is 21.6 Å². The number of hydrogen-bond acceptors (Lipinski definition) is 2. The molecule has 0 aromatic carbocycles. The van der Waals surface area contributed by atoms with Crippen LogP contribution in [-0.2, 0) is 0 Å². The van der Waals surface area contributed by atoms with Gasteiger partial charge in [0.15, 0.2) is 0 Å². The van der Waals surface area contributed by atoms with Crippen molar-refractivity contribution >= 4 is 0 Å². The van der Waals surface area contributed by atoms with Crippen LogP contribution in [0.5, 0.6) is 0 Å². The maximum atomic E-state index is 12.5. The summed E-state index contributed by atoms with van der Waals surface area (Å²) >= 11 is -0.778. The molecule has 0 bridgehead atoms. The first-order valence-electron chi connectivity index (χ1n) is 2.85. The van der Waals surface area contributed by atoms with E-state index in [1.54, 1.807) is 0 Å². The monoisotopic (exact) mass is 246 g/mol. The van der Waals surface area contributed by atoms with Crippen molar-refractivity contribution in [1.29, 1.82) is 0 Å². The standard InChI is InChI=1S/C5H10FINO/c1-8-3-4(6)2-5(8)7-9/h4-5,9H,2-3H2,1H3/q-1/t4?,5-/m1/s1. The average Bonchev–Trinajstić information content (AvgIpc) is 2.10. The molecule has 0 spiro atoms. The second-order valence-corrected chi connectivity index (χ2v) is 4.30. The van der Waals surface area contributed by atoms with E-state index >= 15 is 0 Å². The van der Waals surface area contributed by atoms with E-state index in [1.807, 2.05) is 11.9 Å². The Bertz CT molecular complexity index is 103. The molecule has 2 atom stereocenters. The van der Waals surface area contributed by atoms with Gasteiger partial charge in [-0.3, -0.25) is 0 Å². The van der Waals surface area contributed by atoms with E-state index in [4.69, 9.17) is 3.44 Å². The Morgan fingerprint density at radius 1 is 1.78 bits per heavy atom. The SMILES string of the molecule is CN1CC(F)C[C@@H]1[I-]O. The van der Waals surface area contributed by atoms with E-state index < -0.39 is 27.8 Å². The first-order valence-corrected chi connectivity index (χ1v) is 5.06. The molecule has 1 aliphatic heterocycles. The van der Waals surface area contributed by atoms with Gasteiger partial charge >= 0.3 is 64.6 Å². The van der Waals surface area contributed by atoms with Crippen molar-refractivity contribution < 1.29 is 29.4 Å². The van der Waals surface area contributed by atoms with Crippen molar-refractivity contribution in [3.8, 4) is 0 Å². The van der Waals surface area contributed by atoms with Gasteiger partial charge in [0.05, 0.1) is 0 Å². The van der Waals surface area contributed by atoms with Crippen LogP contribution in [0.15, 0.2) is 0 Å². The van der Waals surface area contributed by atoms with Gasteiger partial charge in [-0.25, -0.2) is 0 Å². The molecule has 0 saturated carbocycles. The third-order valence-electron chi connectivity index (χ3n) is 1.53. The molecule has 1 saturated heterocycles. The normalized spacial score (nSPS) is 38.1. The Morgan fingerprint density at radius 2 is 2.44 bits per heavy atom. The van der Waals surface area contributed by atoms with Gasteiger partial charge < -0.3 is 0 Å². The summed E-state index contributed by atoms with van der Waals surface area (Å²) in [5, 5.41) is 0. The second-order valence-electron chi connectivity index (χ2n) is 2.30. The molecule has 1 unspecified atom stereocenters. The summed E-state index contributed by atoms with van der Waals surface area (Å²) in [6, 6.07) is 0. The number of alkyl halides is 2. The quantitative estimate of drug-likeness (QED) is 0.302. The van der Waals surface area contributed by atoms with Gasteiger partial charge in [-0.2, -0.15) is 0 Å². The summed E-state index contributed by atoms with van der Waals surface area (Å²) in [4.78, 5) is 1.90. The minimum atomic E-state index is -0.778. The molecule has 0 aromatic heterocycles. The van der Waals surface area contributed by atoms with E-state index in [9.17, 15) is 4.39 Å². The van der Waals surface area contributed by atoms with Gasteiger partial charge in [0.25, 0.3) is 0 Å².